The number of aromatic nitrogens is 2. The van der Waals surface area contributed by atoms with Gasteiger partial charge in [-0.1, -0.05) is 0 Å². The van der Waals surface area contributed by atoms with Crippen LogP contribution in [0, 0.1) is 6.92 Å². The van der Waals surface area contributed by atoms with Crippen molar-refractivity contribution in [2.24, 2.45) is 0 Å². The van der Waals surface area contributed by atoms with Gasteiger partial charge in [0, 0.05) is 36.3 Å². The first-order valence-corrected chi connectivity index (χ1v) is 6.61. The van der Waals surface area contributed by atoms with Crippen molar-refractivity contribution in [1.29, 1.82) is 0 Å². The number of alkyl halides is 2. The molecular formula is C15H15F2N3O2. The standard InChI is InChI=1S/C15H15F2N3O2/c1-10-6-11(8-20-15(10)22-9-13(16)17)7-19-14(21)12-2-4-18-5-3-12/h2-6,8,13H,7,9H2,1H3,(H,19,21). The number of halogens is 2. The lowest BCUT2D eigenvalue weighted by Crippen LogP contribution is -2.23. The summed E-state index contributed by atoms with van der Waals surface area (Å²) in [5.74, 6) is -0.0532. The molecule has 116 valence electrons. The molecule has 0 aliphatic carbocycles. The first-order valence-electron chi connectivity index (χ1n) is 6.61. The first-order chi connectivity index (χ1) is 10.6. The van der Waals surface area contributed by atoms with Crippen molar-refractivity contribution >= 4 is 5.91 Å². The van der Waals surface area contributed by atoms with Gasteiger partial charge in [-0.15, -0.1) is 0 Å². The SMILES string of the molecule is Cc1cc(CNC(=O)c2ccncc2)cnc1OCC(F)F. The summed E-state index contributed by atoms with van der Waals surface area (Å²) in [5, 5.41) is 2.74. The third-order valence-electron chi connectivity index (χ3n) is 2.83. The van der Waals surface area contributed by atoms with Crippen LogP contribution in [0.25, 0.3) is 0 Å². The van der Waals surface area contributed by atoms with Crippen molar-refractivity contribution in [3.05, 3.63) is 53.5 Å². The Hall–Kier alpha value is -2.57. The lowest BCUT2D eigenvalue weighted by molar-refractivity contribution is 0.0792. The minimum absolute atomic E-state index is 0.171. The number of ether oxygens (including phenoxy) is 1. The number of nitrogens with zero attached hydrogens (tertiary/aromatic N) is 2. The molecule has 2 aromatic heterocycles. The third-order valence-corrected chi connectivity index (χ3v) is 2.83. The quantitative estimate of drug-likeness (QED) is 0.890. The summed E-state index contributed by atoms with van der Waals surface area (Å²) in [4.78, 5) is 19.7. The predicted octanol–water partition coefficient (Wildman–Crippen LogP) is 2.36. The Kier molecular flexibility index (Phi) is 5.35. The van der Waals surface area contributed by atoms with E-state index in [0.717, 1.165) is 5.56 Å². The number of amides is 1. The van der Waals surface area contributed by atoms with Gasteiger partial charge in [0.1, 0.15) is 0 Å². The molecule has 0 bridgehead atoms. The van der Waals surface area contributed by atoms with Gasteiger partial charge in [0.25, 0.3) is 12.3 Å². The van der Waals surface area contributed by atoms with E-state index < -0.39 is 13.0 Å². The molecule has 1 N–H and O–H groups in total. The summed E-state index contributed by atoms with van der Waals surface area (Å²) >= 11 is 0. The van der Waals surface area contributed by atoms with Crippen LogP contribution in [-0.2, 0) is 6.54 Å². The molecule has 0 radical (unpaired) electrons. The molecule has 0 fully saturated rings. The molecule has 0 unspecified atom stereocenters. The van der Waals surface area contributed by atoms with Gasteiger partial charge in [-0.2, -0.15) is 0 Å². The van der Waals surface area contributed by atoms with Crippen LogP contribution in [0.3, 0.4) is 0 Å². The highest BCUT2D eigenvalue weighted by Gasteiger charge is 2.09. The number of pyridine rings is 2. The normalized spacial score (nSPS) is 10.5. The van der Waals surface area contributed by atoms with Gasteiger partial charge < -0.3 is 10.1 Å². The molecular weight excluding hydrogens is 292 g/mol. The van der Waals surface area contributed by atoms with Gasteiger partial charge in [0.05, 0.1) is 0 Å². The monoisotopic (exact) mass is 307 g/mol. The molecule has 0 saturated heterocycles. The van der Waals surface area contributed by atoms with E-state index in [-0.39, 0.29) is 18.3 Å². The molecule has 5 nitrogen and oxygen atoms in total. The Morgan fingerprint density at radius 3 is 2.73 bits per heavy atom. The van der Waals surface area contributed by atoms with Crippen LogP contribution >= 0.6 is 0 Å². The largest absolute Gasteiger partial charge is 0.471 e. The molecule has 2 rings (SSSR count). The molecule has 0 saturated carbocycles. The maximum absolute atomic E-state index is 12.1. The van der Waals surface area contributed by atoms with Gasteiger partial charge in [0.2, 0.25) is 5.88 Å². The summed E-state index contributed by atoms with van der Waals surface area (Å²) in [7, 11) is 0. The van der Waals surface area contributed by atoms with Crippen molar-refractivity contribution in [3.8, 4) is 5.88 Å². The second-order valence-corrected chi connectivity index (χ2v) is 4.59. The minimum Gasteiger partial charge on any atom is -0.471 e. The van der Waals surface area contributed by atoms with Crippen molar-refractivity contribution < 1.29 is 18.3 Å². The van der Waals surface area contributed by atoms with Crippen LogP contribution in [0.4, 0.5) is 8.78 Å². The van der Waals surface area contributed by atoms with Crippen LogP contribution in [0.15, 0.2) is 36.8 Å². The zero-order valence-electron chi connectivity index (χ0n) is 11.9. The van der Waals surface area contributed by atoms with E-state index >= 15 is 0 Å². The van der Waals surface area contributed by atoms with Crippen molar-refractivity contribution in [1.82, 2.24) is 15.3 Å². The van der Waals surface area contributed by atoms with Crippen LogP contribution in [0.5, 0.6) is 5.88 Å². The highest BCUT2D eigenvalue weighted by Crippen LogP contribution is 2.16. The van der Waals surface area contributed by atoms with Gasteiger partial charge in [-0.25, -0.2) is 13.8 Å². The second-order valence-electron chi connectivity index (χ2n) is 4.59. The van der Waals surface area contributed by atoms with Gasteiger partial charge in [0.15, 0.2) is 6.61 Å². The zero-order chi connectivity index (χ0) is 15.9. The number of rotatable bonds is 6. The van der Waals surface area contributed by atoms with E-state index in [0.29, 0.717) is 11.1 Å². The number of hydrogen-bond acceptors (Lipinski definition) is 4. The molecule has 2 heterocycles. The second kappa shape index (κ2) is 7.44. The molecule has 7 heteroatoms. The smallest absolute Gasteiger partial charge is 0.272 e. The molecule has 0 aromatic carbocycles. The summed E-state index contributed by atoms with van der Waals surface area (Å²) in [6, 6.07) is 4.96. The highest BCUT2D eigenvalue weighted by atomic mass is 19.3. The molecule has 22 heavy (non-hydrogen) atoms. The van der Waals surface area contributed by atoms with Crippen molar-refractivity contribution in [2.75, 3.05) is 6.61 Å². The average Bonchev–Trinajstić information content (AvgIpc) is 2.52. The first kappa shape index (κ1) is 15.8. The lowest BCUT2D eigenvalue weighted by Gasteiger charge is -2.10. The summed E-state index contributed by atoms with van der Waals surface area (Å²) in [6.45, 7) is 1.30. The van der Waals surface area contributed by atoms with Crippen LogP contribution in [-0.4, -0.2) is 28.9 Å². The molecule has 1 amide bonds. The van der Waals surface area contributed by atoms with E-state index in [4.69, 9.17) is 4.74 Å². The number of hydrogen-bond donors (Lipinski definition) is 1. The molecule has 0 atom stereocenters. The topological polar surface area (TPSA) is 64.1 Å². The predicted molar refractivity (Wildman–Crippen MR) is 75.9 cm³/mol. The number of nitrogens with one attached hydrogen (secondary N) is 1. The van der Waals surface area contributed by atoms with Crippen LogP contribution in [0.1, 0.15) is 21.5 Å². The molecule has 2 aromatic rings. The average molecular weight is 307 g/mol. The fourth-order valence-electron chi connectivity index (χ4n) is 1.80. The number of carbonyl (C=O) groups excluding carboxylic acids is 1. The van der Waals surface area contributed by atoms with Gasteiger partial charge in [-0.05, 0) is 30.7 Å². The Labute approximate surface area is 126 Å². The Morgan fingerprint density at radius 1 is 1.36 bits per heavy atom. The summed E-state index contributed by atoms with van der Waals surface area (Å²) in [6.07, 6.45) is 2.02. The number of carbonyl (C=O) groups is 1. The number of aryl methyl sites for hydroxylation is 1. The lowest BCUT2D eigenvalue weighted by atomic mass is 10.2. The zero-order valence-corrected chi connectivity index (χ0v) is 11.9. The maximum atomic E-state index is 12.1. The van der Waals surface area contributed by atoms with E-state index in [1.165, 1.54) is 18.6 Å². The van der Waals surface area contributed by atoms with Gasteiger partial charge in [-0.3, -0.25) is 9.78 Å². The molecule has 0 aliphatic rings. The Balaban J connectivity index is 1.93. The maximum Gasteiger partial charge on any atom is 0.272 e. The van der Waals surface area contributed by atoms with E-state index in [2.05, 4.69) is 15.3 Å². The van der Waals surface area contributed by atoms with E-state index in [1.54, 1.807) is 25.1 Å². The third kappa shape index (κ3) is 4.47. The Morgan fingerprint density at radius 2 is 2.09 bits per heavy atom. The van der Waals surface area contributed by atoms with E-state index in [9.17, 15) is 13.6 Å². The highest BCUT2D eigenvalue weighted by molar-refractivity contribution is 5.93. The van der Waals surface area contributed by atoms with Gasteiger partial charge >= 0.3 is 0 Å². The Bertz CT molecular complexity index is 636. The summed E-state index contributed by atoms with van der Waals surface area (Å²) in [5.41, 5.74) is 1.90. The minimum atomic E-state index is -2.54. The van der Waals surface area contributed by atoms with Crippen LogP contribution < -0.4 is 10.1 Å². The molecule has 0 aliphatic heterocycles. The van der Waals surface area contributed by atoms with Crippen molar-refractivity contribution in [2.45, 2.75) is 19.9 Å². The fraction of sp³-hybridized carbons (Fsp3) is 0.267. The van der Waals surface area contributed by atoms with E-state index in [1.807, 2.05) is 0 Å². The van der Waals surface area contributed by atoms with Crippen LogP contribution in [0.2, 0.25) is 0 Å². The van der Waals surface area contributed by atoms with Crippen molar-refractivity contribution in [3.63, 3.8) is 0 Å². The summed E-state index contributed by atoms with van der Waals surface area (Å²) < 4.78 is 29.1. The molecule has 0 spiro atoms. The fourth-order valence-corrected chi connectivity index (χ4v) is 1.80.